The molecule has 3 rings (SSSR count). The normalized spacial score (nSPS) is 17.5. The molecule has 1 amide bonds. The van der Waals surface area contributed by atoms with Gasteiger partial charge in [-0.1, -0.05) is 5.16 Å². The van der Waals surface area contributed by atoms with E-state index in [4.69, 9.17) is 14.0 Å². The predicted molar refractivity (Wildman–Crippen MR) is 88.3 cm³/mol. The summed E-state index contributed by atoms with van der Waals surface area (Å²) in [4.78, 5) is 23.0. The number of aromatic nitrogens is 3. The Morgan fingerprint density at radius 2 is 2.32 bits per heavy atom. The molecule has 0 aromatic carbocycles. The quantitative estimate of drug-likeness (QED) is 0.790. The van der Waals surface area contributed by atoms with Crippen LogP contribution in [-0.4, -0.2) is 52.7 Å². The van der Waals surface area contributed by atoms with Crippen LogP contribution in [0.15, 0.2) is 22.9 Å². The zero-order valence-electron chi connectivity index (χ0n) is 14.5. The highest BCUT2D eigenvalue weighted by Crippen LogP contribution is 2.26. The first-order chi connectivity index (χ1) is 12.2. The molecule has 2 aromatic rings. The van der Waals surface area contributed by atoms with E-state index in [9.17, 15) is 4.79 Å². The van der Waals surface area contributed by atoms with Crippen molar-refractivity contribution in [2.75, 3.05) is 26.8 Å². The van der Waals surface area contributed by atoms with Gasteiger partial charge in [0, 0.05) is 37.9 Å². The molecular formula is C17H22N4O4. The molecule has 0 spiro atoms. The molecule has 1 aliphatic rings. The van der Waals surface area contributed by atoms with E-state index < -0.39 is 0 Å². The van der Waals surface area contributed by atoms with Crippen LogP contribution < -0.4 is 4.74 Å². The monoisotopic (exact) mass is 346 g/mol. The average molecular weight is 346 g/mol. The molecular weight excluding hydrogens is 324 g/mol. The van der Waals surface area contributed by atoms with Gasteiger partial charge in [-0.25, -0.2) is 4.98 Å². The second-order valence-corrected chi connectivity index (χ2v) is 5.86. The van der Waals surface area contributed by atoms with Gasteiger partial charge in [-0.2, -0.15) is 4.98 Å². The first-order valence-electron chi connectivity index (χ1n) is 8.40. The standard InChI is InChI=1S/C17H22N4O4/c1-3-24-11-15-19-16(20-25-15)13-5-4-8-21(10-13)17(22)12-6-7-14(23-2)18-9-12/h6-7,9,13H,3-5,8,10-11H2,1-2H3. The van der Waals surface area contributed by atoms with Gasteiger partial charge in [-0.15, -0.1) is 0 Å². The minimum atomic E-state index is -0.0436. The maximum absolute atomic E-state index is 12.7. The fraction of sp³-hybridized carbons (Fsp3) is 0.529. The van der Waals surface area contributed by atoms with Crippen LogP contribution in [0.4, 0.5) is 0 Å². The first kappa shape index (κ1) is 17.3. The van der Waals surface area contributed by atoms with Crippen LogP contribution in [-0.2, 0) is 11.3 Å². The Morgan fingerprint density at radius 1 is 1.44 bits per heavy atom. The topological polar surface area (TPSA) is 90.6 Å². The summed E-state index contributed by atoms with van der Waals surface area (Å²) in [5.41, 5.74) is 0.548. The molecule has 8 heteroatoms. The highest BCUT2D eigenvalue weighted by atomic mass is 16.5. The van der Waals surface area contributed by atoms with Gasteiger partial charge in [0.1, 0.15) is 6.61 Å². The van der Waals surface area contributed by atoms with Crippen molar-refractivity contribution in [1.29, 1.82) is 0 Å². The number of rotatable bonds is 6. The molecule has 134 valence electrons. The maximum Gasteiger partial charge on any atom is 0.255 e. The Hall–Kier alpha value is -2.48. The smallest absolute Gasteiger partial charge is 0.255 e. The minimum absolute atomic E-state index is 0.0436. The molecule has 2 aromatic heterocycles. The number of piperidine rings is 1. The van der Waals surface area contributed by atoms with E-state index in [2.05, 4.69) is 15.1 Å². The molecule has 0 saturated carbocycles. The third-order valence-corrected chi connectivity index (χ3v) is 4.18. The molecule has 25 heavy (non-hydrogen) atoms. The average Bonchev–Trinajstić information content (AvgIpc) is 3.15. The molecule has 0 radical (unpaired) electrons. The van der Waals surface area contributed by atoms with Crippen molar-refractivity contribution in [3.63, 3.8) is 0 Å². The molecule has 1 fully saturated rings. The molecule has 0 aliphatic carbocycles. The van der Waals surface area contributed by atoms with Crippen molar-refractivity contribution in [1.82, 2.24) is 20.0 Å². The van der Waals surface area contributed by atoms with Crippen molar-refractivity contribution in [3.05, 3.63) is 35.6 Å². The van der Waals surface area contributed by atoms with E-state index in [1.807, 2.05) is 11.8 Å². The Morgan fingerprint density at radius 3 is 3.04 bits per heavy atom. The van der Waals surface area contributed by atoms with Gasteiger partial charge in [0.2, 0.25) is 5.88 Å². The van der Waals surface area contributed by atoms with Gasteiger partial charge in [0.15, 0.2) is 5.82 Å². The van der Waals surface area contributed by atoms with Crippen molar-refractivity contribution in [3.8, 4) is 5.88 Å². The number of pyridine rings is 1. The van der Waals surface area contributed by atoms with E-state index >= 15 is 0 Å². The Bertz CT molecular complexity index is 701. The van der Waals surface area contributed by atoms with Crippen molar-refractivity contribution in [2.45, 2.75) is 32.3 Å². The number of methoxy groups -OCH3 is 1. The highest BCUT2D eigenvalue weighted by molar-refractivity contribution is 5.94. The Labute approximate surface area is 146 Å². The summed E-state index contributed by atoms with van der Waals surface area (Å²) < 4.78 is 15.5. The van der Waals surface area contributed by atoms with Crippen LogP contribution >= 0.6 is 0 Å². The number of nitrogens with zero attached hydrogens (tertiary/aromatic N) is 4. The minimum Gasteiger partial charge on any atom is -0.481 e. The summed E-state index contributed by atoms with van der Waals surface area (Å²) >= 11 is 0. The molecule has 1 aliphatic heterocycles. The Balaban J connectivity index is 1.65. The first-order valence-corrected chi connectivity index (χ1v) is 8.40. The number of carbonyl (C=O) groups excluding carboxylic acids is 1. The fourth-order valence-corrected chi connectivity index (χ4v) is 2.86. The highest BCUT2D eigenvalue weighted by Gasteiger charge is 2.28. The van der Waals surface area contributed by atoms with Crippen LogP contribution in [0.2, 0.25) is 0 Å². The second kappa shape index (κ2) is 8.06. The zero-order valence-corrected chi connectivity index (χ0v) is 14.5. The molecule has 0 bridgehead atoms. The summed E-state index contributed by atoms with van der Waals surface area (Å²) in [7, 11) is 1.55. The lowest BCUT2D eigenvalue weighted by Gasteiger charge is -2.31. The fourth-order valence-electron chi connectivity index (χ4n) is 2.86. The molecule has 1 saturated heterocycles. The SMILES string of the molecule is CCOCc1nc(C2CCCN(C(=O)c3ccc(OC)nc3)C2)no1. The molecule has 8 nitrogen and oxygen atoms in total. The molecule has 1 atom stereocenters. The van der Waals surface area contributed by atoms with Crippen molar-refractivity contribution >= 4 is 5.91 Å². The number of amides is 1. The van der Waals surface area contributed by atoms with Gasteiger partial charge < -0.3 is 18.9 Å². The number of carbonyl (C=O) groups is 1. The summed E-state index contributed by atoms with van der Waals surface area (Å²) in [5.74, 6) is 1.63. The number of likely N-dealkylation sites (tertiary alicyclic amines) is 1. The second-order valence-electron chi connectivity index (χ2n) is 5.86. The van der Waals surface area contributed by atoms with Crippen molar-refractivity contribution < 1.29 is 18.8 Å². The molecule has 3 heterocycles. The lowest BCUT2D eigenvalue weighted by Crippen LogP contribution is -2.39. The third-order valence-electron chi connectivity index (χ3n) is 4.18. The maximum atomic E-state index is 12.7. The third kappa shape index (κ3) is 4.14. The zero-order chi connectivity index (χ0) is 17.6. The van der Waals surface area contributed by atoms with Gasteiger partial charge in [0.05, 0.1) is 12.7 Å². The lowest BCUT2D eigenvalue weighted by molar-refractivity contribution is 0.0703. The summed E-state index contributed by atoms with van der Waals surface area (Å²) in [5, 5.41) is 4.05. The van der Waals surface area contributed by atoms with E-state index in [1.54, 1.807) is 25.4 Å². The summed E-state index contributed by atoms with van der Waals surface area (Å²) in [6.45, 7) is 4.11. The summed E-state index contributed by atoms with van der Waals surface area (Å²) in [6, 6.07) is 3.42. The van der Waals surface area contributed by atoms with E-state index in [1.165, 1.54) is 0 Å². The van der Waals surface area contributed by atoms with E-state index in [0.717, 1.165) is 12.8 Å². The van der Waals surface area contributed by atoms with Crippen LogP contribution in [0.3, 0.4) is 0 Å². The number of hydrogen-bond donors (Lipinski definition) is 0. The largest absolute Gasteiger partial charge is 0.481 e. The van der Waals surface area contributed by atoms with Crippen LogP contribution in [0.5, 0.6) is 5.88 Å². The van der Waals surface area contributed by atoms with Gasteiger partial charge in [0.25, 0.3) is 11.8 Å². The predicted octanol–water partition coefficient (Wildman–Crippen LogP) is 2.03. The van der Waals surface area contributed by atoms with Gasteiger partial charge in [-0.3, -0.25) is 4.79 Å². The Kier molecular flexibility index (Phi) is 5.60. The molecule has 1 unspecified atom stereocenters. The number of ether oxygens (including phenoxy) is 2. The van der Waals surface area contributed by atoms with E-state index in [0.29, 0.717) is 49.5 Å². The molecule has 0 N–H and O–H groups in total. The van der Waals surface area contributed by atoms with Crippen LogP contribution in [0, 0.1) is 0 Å². The van der Waals surface area contributed by atoms with Crippen LogP contribution in [0.25, 0.3) is 0 Å². The van der Waals surface area contributed by atoms with E-state index in [-0.39, 0.29) is 11.8 Å². The lowest BCUT2D eigenvalue weighted by atomic mass is 9.97. The van der Waals surface area contributed by atoms with Gasteiger partial charge in [-0.05, 0) is 25.8 Å². The number of hydrogen-bond acceptors (Lipinski definition) is 7. The summed E-state index contributed by atoms with van der Waals surface area (Å²) in [6.07, 6.45) is 3.37. The van der Waals surface area contributed by atoms with Crippen LogP contribution in [0.1, 0.15) is 47.8 Å². The van der Waals surface area contributed by atoms with Crippen molar-refractivity contribution in [2.24, 2.45) is 0 Å². The van der Waals surface area contributed by atoms with Gasteiger partial charge >= 0.3 is 0 Å².